The van der Waals surface area contributed by atoms with Crippen molar-refractivity contribution in [3.8, 4) is 29.5 Å². The Balaban J connectivity index is 1.54. The van der Waals surface area contributed by atoms with Crippen LogP contribution in [0.5, 0.6) is 0 Å². The summed E-state index contributed by atoms with van der Waals surface area (Å²) in [6, 6.07) is 10.2. The number of anilines is 1. The monoisotopic (exact) mass is 463 g/mol. The molecular weight excluding hydrogens is 446 g/mol. The van der Waals surface area contributed by atoms with Gasteiger partial charge in [-0.3, -0.25) is 10.3 Å². The number of aromatic nitrogens is 2. The molecule has 1 saturated carbocycles. The van der Waals surface area contributed by atoms with E-state index in [4.69, 9.17) is 18.0 Å². The molecule has 1 atom stereocenters. The Bertz CT molecular complexity index is 1260. The van der Waals surface area contributed by atoms with Crippen LogP contribution in [0.3, 0.4) is 0 Å². The number of hydrogen-bond acceptors (Lipinski definition) is 6. The highest BCUT2D eigenvalue weighted by Gasteiger charge is 2.47. The third kappa shape index (κ3) is 4.30. The molecule has 1 aliphatic carbocycles. The Morgan fingerprint density at radius 2 is 2.19 bits per heavy atom. The maximum atomic E-state index is 12.3. The average Bonchev–Trinajstić information content (AvgIpc) is 3.48. The van der Waals surface area contributed by atoms with Crippen LogP contribution in [0.15, 0.2) is 41.9 Å². The van der Waals surface area contributed by atoms with Crippen LogP contribution in [0, 0.1) is 23.7 Å². The second-order valence-electron chi connectivity index (χ2n) is 7.35. The Morgan fingerprint density at radius 3 is 2.81 bits per heavy atom. The molecule has 0 radical (unpaired) electrons. The van der Waals surface area contributed by atoms with Crippen LogP contribution < -0.4 is 10.6 Å². The summed E-state index contributed by atoms with van der Waals surface area (Å²) in [6.07, 6.45) is 8.52. The van der Waals surface area contributed by atoms with Gasteiger partial charge in [0.15, 0.2) is 5.01 Å². The predicted octanol–water partition coefficient (Wildman–Crippen LogP) is 4.25. The summed E-state index contributed by atoms with van der Waals surface area (Å²) >= 11 is 7.83. The summed E-state index contributed by atoms with van der Waals surface area (Å²) in [6.45, 7) is -0.328. The molecule has 0 saturated heterocycles. The van der Waals surface area contributed by atoms with E-state index in [9.17, 15) is 15.2 Å². The minimum atomic E-state index is -0.686. The van der Waals surface area contributed by atoms with Crippen molar-refractivity contribution in [3.63, 3.8) is 0 Å². The highest BCUT2D eigenvalue weighted by Crippen LogP contribution is 2.50. The van der Waals surface area contributed by atoms with E-state index >= 15 is 0 Å². The lowest BCUT2D eigenvalue weighted by Crippen LogP contribution is -2.34. The van der Waals surface area contributed by atoms with Gasteiger partial charge < -0.3 is 10.4 Å². The molecule has 1 aliphatic rings. The molecule has 4 rings (SSSR count). The second kappa shape index (κ2) is 8.97. The number of aliphatic hydroxyl groups is 1. The average molecular weight is 464 g/mol. The topological polar surface area (TPSA) is 111 Å². The van der Waals surface area contributed by atoms with Gasteiger partial charge in [0.2, 0.25) is 0 Å². The molecule has 0 bridgehead atoms. The van der Waals surface area contributed by atoms with Crippen molar-refractivity contribution in [2.24, 2.45) is 0 Å². The molecule has 160 valence electrons. The first-order valence-electron chi connectivity index (χ1n) is 9.77. The Hall–Kier alpha value is -3.43. The predicted molar refractivity (Wildman–Crippen MR) is 123 cm³/mol. The summed E-state index contributed by atoms with van der Waals surface area (Å²) in [5, 5.41) is 27.2. The van der Waals surface area contributed by atoms with Gasteiger partial charge in [-0.25, -0.2) is 9.78 Å². The normalized spacial score (nSPS) is 14.6. The van der Waals surface area contributed by atoms with Crippen molar-refractivity contribution in [3.05, 3.63) is 63.2 Å². The smallest absolute Gasteiger partial charge is 0.320 e. The van der Waals surface area contributed by atoms with Crippen molar-refractivity contribution < 1.29 is 9.90 Å². The number of rotatable bonds is 6. The number of carbonyl (C=O) groups is 1. The third-order valence-corrected chi connectivity index (χ3v) is 6.35. The fourth-order valence-electron chi connectivity index (χ4n) is 3.44. The molecule has 0 spiro atoms. The van der Waals surface area contributed by atoms with Crippen LogP contribution in [-0.4, -0.2) is 27.7 Å². The van der Waals surface area contributed by atoms with Crippen molar-refractivity contribution in [2.45, 2.75) is 24.3 Å². The molecule has 0 aliphatic heterocycles. The third-order valence-electron chi connectivity index (χ3n) is 5.27. The number of hydrogen-bond donors (Lipinski definition) is 3. The van der Waals surface area contributed by atoms with Crippen LogP contribution in [0.1, 0.15) is 35.1 Å². The number of carbonyl (C=O) groups excluding carboxylic acids is 1. The molecule has 2 aromatic heterocycles. The molecule has 1 fully saturated rings. The zero-order chi connectivity index (χ0) is 22.7. The highest BCUT2D eigenvalue weighted by molar-refractivity contribution is 7.10. The van der Waals surface area contributed by atoms with Crippen LogP contribution in [0.25, 0.3) is 11.1 Å². The summed E-state index contributed by atoms with van der Waals surface area (Å²) in [5.41, 5.74) is 2.35. The fraction of sp³-hybridized carbons (Fsp3) is 0.217. The van der Waals surface area contributed by atoms with E-state index in [1.165, 1.54) is 11.3 Å². The molecule has 2 amide bonds. The zero-order valence-electron chi connectivity index (χ0n) is 16.8. The minimum Gasteiger partial charge on any atom is -0.394 e. The summed E-state index contributed by atoms with van der Waals surface area (Å²) in [4.78, 5) is 20.9. The Kier molecular flexibility index (Phi) is 6.11. The van der Waals surface area contributed by atoms with Crippen LogP contribution in [0.2, 0.25) is 5.02 Å². The summed E-state index contributed by atoms with van der Waals surface area (Å²) < 4.78 is 0. The van der Waals surface area contributed by atoms with Crippen molar-refractivity contribution in [2.75, 3.05) is 11.9 Å². The van der Waals surface area contributed by atoms with Gasteiger partial charge in [0.25, 0.3) is 0 Å². The number of halogens is 1. The van der Waals surface area contributed by atoms with Gasteiger partial charge >= 0.3 is 6.03 Å². The zero-order valence-corrected chi connectivity index (χ0v) is 18.4. The van der Waals surface area contributed by atoms with Gasteiger partial charge in [0, 0.05) is 27.7 Å². The lowest BCUT2D eigenvalue weighted by molar-refractivity contribution is 0.225. The highest BCUT2D eigenvalue weighted by atomic mass is 35.5. The summed E-state index contributed by atoms with van der Waals surface area (Å²) in [7, 11) is 0. The number of urea groups is 1. The van der Waals surface area contributed by atoms with E-state index in [0.717, 1.165) is 29.7 Å². The number of nitrogens with zero attached hydrogens (tertiary/aromatic N) is 3. The Morgan fingerprint density at radius 1 is 1.38 bits per heavy atom. The van der Waals surface area contributed by atoms with Crippen LogP contribution in [0.4, 0.5) is 10.6 Å². The number of benzene rings is 1. The molecule has 0 unspecified atom stereocenters. The summed E-state index contributed by atoms with van der Waals surface area (Å²) in [5.74, 6) is 2.74. The van der Waals surface area contributed by atoms with E-state index in [1.807, 2.05) is 18.2 Å². The number of aliphatic hydroxyl groups excluding tert-OH is 1. The molecule has 2 heterocycles. The first-order valence-corrected chi connectivity index (χ1v) is 11.0. The lowest BCUT2D eigenvalue weighted by Gasteiger charge is -2.19. The lowest BCUT2D eigenvalue weighted by atomic mass is 9.93. The second-order valence-corrected chi connectivity index (χ2v) is 8.61. The number of amides is 2. The van der Waals surface area contributed by atoms with Crippen LogP contribution >= 0.6 is 22.9 Å². The fourth-order valence-corrected chi connectivity index (χ4v) is 4.28. The first kappa shape index (κ1) is 21.8. The minimum absolute atomic E-state index is 0.328. The molecule has 1 aromatic carbocycles. The van der Waals surface area contributed by atoms with E-state index < -0.39 is 17.5 Å². The number of terminal acetylenes is 1. The van der Waals surface area contributed by atoms with E-state index in [1.54, 1.807) is 23.7 Å². The van der Waals surface area contributed by atoms with Crippen LogP contribution in [-0.2, 0) is 5.41 Å². The number of pyridine rings is 1. The SMILES string of the molecule is C#Cc1nc(NC(=O)N[C@H](CO)c2ccc(-c3cccnc3C3(C#N)CC3)c(Cl)c2)cs1. The maximum absolute atomic E-state index is 12.3. The van der Waals surface area contributed by atoms with Gasteiger partial charge in [-0.15, -0.1) is 17.8 Å². The molecule has 32 heavy (non-hydrogen) atoms. The first-order chi connectivity index (χ1) is 15.5. The van der Waals surface area contributed by atoms with Gasteiger partial charge in [-0.2, -0.15) is 5.26 Å². The van der Waals surface area contributed by atoms with Gasteiger partial charge in [0.1, 0.15) is 11.2 Å². The molecule has 3 N–H and O–H groups in total. The largest absolute Gasteiger partial charge is 0.394 e. The van der Waals surface area contributed by atoms with Gasteiger partial charge in [-0.05, 0) is 36.5 Å². The number of nitriles is 1. The molecular formula is C23H18ClN5O2S. The standard InChI is InChI=1S/C23H18ClN5O2S/c1-2-20-28-19(12-32-20)29-22(31)27-18(11-30)14-5-6-15(17(24)10-14)16-4-3-9-26-21(16)23(13-25)7-8-23/h1,3-6,9-10,12,18,30H,7-8,11H2,(H2,27,29,31)/t18-/m1/s1. The molecule has 9 heteroatoms. The van der Waals surface area contributed by atoms with Crippen molar-refractivity contribution in [1.82, 2.24) is 15.3 Å². The van der Waals surface area contributed by atoms with Gasteiger partial charge in [-0.1, -0.05) is 29.8 Å². The van der Waals surface area contributed by atoms with E-state index in [0.29, 0.717) is 21.4 Å². The molecule has 7 nitrogen and oxygen atoms in total. The number of thiazole rings is 1. The number of nitrogens with one attached hydrogen (secondary N) is 2. The van der Waals surface area contributed by atoms with E-state index in [-0.39, 0.29) is 6.61 Å². The van der Waals surface area contributed by atoms with Crippen molar-refractivity contribution in [1.29, 1.82) is 5.26 Å². The maximum Gasteiger partial charge on any atom is 0.320 e. The van der Waals surface area contributed by atoms with E-state index in [2.05, 4.69) is 32.6 Å². The quantitative estimate of drug-likeness (QED) is 0.473. The Labute approximate surface area is 194 Å². The molecule has 3 aromatic rings. The van der Waals surface area contributed by atoms with Crippen molar-refractivity contribution >= 4 is 34.8 Å². The van der Waals surface area contributed by atoms with Gasteiger partial charge in [0.05, 0.1) is 24.4 Å².